The third-order valence-electron chi connectivity index (χ3n) is 5.75. The first-order valence-electron chi connectivity index (χ1n) is 9.79. The van der Waals surface area contributed by atoms with E-state index in [1.165, 1.54) is 5.56 Å². The Hall–Kier alpha value is -3.51. The Morgan fingerprint density at radius 3 is 2.80 bits per heavy atom. The van der Waals surface area contributed by atoms with Crippen molar-refractivity contribution < 1.29 is 0 Å². The van der Waals surface area contributed by atoms with Gasteiger partial charge in [-0.25, -0.2) is 15.0 Å². The van der Waals surface area contributed by atoms with E-state index in [1.807, 2.05) is 31.3 Å². The normalized spacial score (nSPS) is 13.3. The van der Waals surface area contributed by atoms with Crippen LogP contribution >= 0.6 is 11.6 Å². The molecule has 0 fully saturated rings. The van der Waals surface area contributed by atoms with Gasteiger partial charge in [0.2, 0.25) is 0 Å². The molecule has 4 heterocycles. The van der Waals surface area contributed by atoms with E-state index in [4.69, 9.17) is 11.6 Å². The number of fused-ring (bicyclic) bond motifs is 3. The van der Waals surface area contributed by atoms with Crippen LogP contribution in [0.5, 0.6) is 0 Å². The highest BCUT2D eigenvalue weighted by atomic mass is 35.5. The van der Waals surface area contributed by atoms with Crippen LogP contribution in [0.3, 0.4) is 0 Å². The number of hydrogen-bond acceptors (Lipinski definition) is 5. The first kappa shape index (κ1) is 17.4. The van der Waals surface area contributed by atoms with Crippen molar-refractivity contribution >= 4 is 45.0 Å². The lowest BCUT2D eigenvalue weighted by atomic mass is 10.0. The molecular weight excluding hydrogens is 396 g/mol. The van der Waals surface area contributed by atoms with E-state index in [-0.39, 0.29) is 0 Å². The standard InChI is InChI=1S/C23H17ClN6/c1-13-18-9-16(11-25-22(18)29-28-13)15-3-5-20-19(8-15)23(27-12-26-20)30-7-6-14-2-4-17(24)10-21(14)30/h2-5,8-12H,6-7H2,1H3,(H,25,28,29). The van der Waals surface area contributed by atoms with Gasteiger partial charge in [0.25, 0.3) is 0 Å². The molecule has 7 heteroatoms. The van der Waals surface area contributed by atoms with Crippen molar-refractivity contribution in [1.29, 1.82) is 0 Å². The second kappa shape index (κ2) is 6.50. The summed E-state index contributed by atoms with van der Waals surface area (Å²) in [6.45, 7) is 2.85. The van der Waals surface area contributed by atoms with Crippen LogP contribution in [0.2, 0.25) is 5.02 Å². The van der Waals surface area contributed by atoms with Gasteiger partial charge in [-0.05, 0) is 54.8 Å². The summed E-state index contributed by atoms with van der Waals surface area (Å²) in [6.07, 6.45) is 4.47. The number of hydrogen-bond donors (Lipinski definition) is 1. The van der Waals surface area contributed by atoms with Gasteiger partial charge in [0.15, 0.2) is 5.65 Å². The Labute approximate surface area is 177 Å². The topological polar surface area (TPSA) is 70.6 Å². The van der Waals surface area contributed by atoms with Gasteiger partial charge in [0.05, 0.1) is 11.2 Å². The zero-order valence-corrected chi connectivity index (χ0v) is 17.0. The SMILES string of the molecule is Cc1n[nH]c2ncc(-c3ccc4ncnc(N5CCc6ccc(Cl)cc65)c4c3)cc12. The molecule has 30 heavy (non-hydrogen) atoms. The van der Waals surface area contributed by atoms with Crippen molar-refractivity contribution in [2.45, 2.75) is 13.3 Å². The fraction of sp³-hybridized carbons (Fsp3) is 0.130. The molecule has 2 aromatic carbocycles. The van der Waals surface area contributed by atoms with E-state index in [0.717, 1.165) is 68.3 Å². The van der Waals surface area contributed by atoms with Gasteiger partial charge in [0, 0.05) is 39.8 Å². The maximum Gasteiger partial charge on any atom is 0.155 e. The van der Waals surface area contributed by atoms with E-state index < -0.39 is 0 Å². The summed E-state index contributed by atoms with van der Waals surface area (Å²) in [6, 6.07) is 14.4. The summed E-state index contributed by atoms with van der Waals surface area (Å²) < 4.78 is 0. The van der Waals surface area contributed by atoms with Crippen LogP contribution in [0, 0.1) is 6.92 Å². The van der Waals surface area contributed by atoms with Crippen LogP contribution < -0.4 is 4.90 Å². The molecule has 3 aromatic heterocycles. The number of aromatic amines is 1. The lowest BCUT2D eigenvalue weighted by Gasteiger charge is -2.20. The van der Waals surface area contributed by atoms with E-state index in [1.54, 1.807) is 6.33 Å². The van der Waals surface area contributed by atoms with Gasteiger partial charge in [-0.1, -0.05) is 23.7 Å². The van der Waals surface area contributed by atoms with Crippen molar-refractivity contribution in [1.82, 2.24) is 25.1 Å². The molecule has 0 spiro atoms. The van der Waals surface area contributed by atoms with Crippen LogP contribution in [0.1, 0.15) is 11.3 Å². The molecule has 6 rings (SSSR count). The Kier molecular flexibility index (Phi) is 3.76. The highest BCUT2D eigenvalue weighted by Gasteiger charge is 2.23. The van der Waals surface area contributed by atoms with Crippen LogP contribution in [-0.4, -0.2) is 31.7 Å². The number of halogens is 1. The summed E-state index contributed by atoms with van der Waals surface area (Å²) in [7, 11) is 0. The van der Waals surface area contributed by atoms with E-state index in [9.17, 15) is 0 Å². The molecule has 1 aliphatic heterocycles. The highest BCUT2D eigenvalue weighted by molar-refractivity contribution is 6.31. The molecule has 0 bridgehead atoms. The number of nitrogens with zero attached hydrogens (tertiary/aromatic N) is 5. The van der Waals surface area contributed by atoms with Crippen molar-refractivity contribution in [3.05, 3.63) is 71.3 Å². The molecule has 0 unspecified atom stereocenters. The third-order valence-corrected chi connectivity index (χ3v) is 5.99. The molecule has 0 radical (unpaired) electrons. The lowest BCUT2D eigenvalue weighted by Crippen LogP contribution is -2.15. The fourth-order valence-electron chi connectivity index (χ4n) is 4.19. The minimum Gasteiger partial charge on any atom is -0.325 e. The van der Waals surface area contributed by atoms with Crippen molar-refractivity contribution in [3.8, 4) is 11.1 Å². The van der Waals surface area contributed by atoms with Gasteiger partial charge in [-0.3, -0.25) is 5.10 Å². The number of nitrogens with one attached hydrogen (secondary N) is 1. The zero-order chi connectivity index (χ0) is 20.2. The quantitative estimate of drug-likeness (QED) is 0.430. The number of aromatic nitrogens is 5. The minimum atomic E-state index is 0.731. The zero-order valence-electron chi connectivity index (χ0n) is 16.2. The van der Waals surface area contributed by atoms with Gasteiger partial charge < -0.3 is 4.90 Å². The van der Waals surface area contributed by atoms with E-state index in [2.05, 4.69) is 54.3 Å². The molecule has 0 saturated carbocycles. The summed E-state index contributed by atoms with van der Waals surface area (Å²) >= 11 is 6.28. The molecule has 0 atom stereocenters. The molecule has 1 aliphatic rings. The Morgan fingerprint density at radius 1 is 0.967 bits per heavy atom. The van der Waals surface area contributed by atoms with Gasteiger partial charge in [0.1, 0.15) is 12.1 Å². The van der Waals surface area contributed by atoms with E-state index >= 15 is 0 Å². The molecule has 0 aliphatic carbocycles. The first-order valence-corrected chi connectivity index (χ1v) is 10.2. The van der Waals surface area contributed by atoms with Crippen LogP contribution in [0.25, 0.3) is 33.1 Å². The number of anilines is 2. The molecule has 146 valence electrons. The Morgan fingerprint density at radius 2 is 1.87 bits per heavy atom. The molecule has 5 aromatic rings. The highest BCUT2D eigenvalue weighted by Crippen LogP contribution is 2.39. The summed E-state index contributed by atoms with van der Waals surface area (Å²) in [5, 5.41) is 9.97. The van der Waals surface area contributed by atoms with Crippen LogP contribution in [0.15, 0.2) is 55.0 Å². The maximum atomic E-state index is 6.28. The van der Waals surface area contributed by atoms with Crippen molar-refractivity contribution in [2.24, 2.45) is 0 Å². The maximum absolute atomic E-state index is 6.28. The predicted octanol–water partition coefficient (Wildman–Crippen LogP) is 5.22. The van der Waals surface area contributed by atoms with Gasteiger partial charge in [-0.15, -0.1) is 0 Å². The van der Waals surface area contributed by atoms with Gasteiger partial charge in [-0.2, -0.15) is 5.10 Å². The van der Waals surface area contributed by atoms with Crippen molar-refractivity contribution in [3.63, 3.8) is 0 Å². The average molecular weight is 413 g/mol. The number of benzene rings is 2. The van der Waals surface area contributed by atoms with Crippen LogP contribution in [0.4, 0.5) is 11.5 Å². The van der Waals surface area contributed by atoms with Crippen molar-refractivity contribution in [2.75, 3.05) is 11.4 Å². The second-order valence-electron chi connectivity index (χ2n) is 7.53. The third kappa shape index (κ3) is 2.64. The summed E-state index contributed by atoms with van der Waals surface area (Å²) in [5.74, 6) is 0.899. The number of rotatable bonds is 2. The monoisotopic (exact) mass is 412 g/mol. The lowest BCUT2D eigenvalue weighted by molar-refractivity contribution is 0.975. The minimum absolute atomic E-state index is 0.731. The molecular formula is C23H17ClN6. The summed E-state index contributed by atoms with van der Waals surface area (Å²) in [5.41, 5.74) is 7.15. The average Bonchev–Trinajstić information content (AvgIpc) is 3.36. The molecule has 1 N–H and O–H groups in total. The summed E-state index contributed by atoms with van der Waals surface area (Å²) in [4.78, 5) is 15.9. The number of H-pyrrole nitrogens is 1. The Balaban J connectivity index is 1.52. The first-order chi connectivity index (χ1) is 14.7. The number of aryl methyl sites for hydroxylation is 1. The molecule has 0 saturated heterocycles. The fourth-order valence-corrected chi connectivity index (χ4v) is 4.36. The van der Waals surface area contributed by atoms with Crippen LogP contribution in [-0.2, 0) is 6.42 Å². The Bertz CT molecular complexity index is 1440. The largest absolute Gasteiger partial charge is 0.325 e. The van der Waals surface area contributed by atoms with Gasteiger partial charge >= 0.3 is 0 Å². The molecule has 6 nitrogen and oxygen atoms in total. The smallest absolute Gasteiger partial charge is 0.155 e. The number of pyridine rings is 1. The van der Waals surface area contributed by atoms with E-state index in [0.29, 0.717) is 0 Å². The molecule has 0 amide bonds. The second-order valence-corrected chi connectivity index (χ2v) is 7.97. The predicted molar refractivity (Wildman–Crippen MR) is 119 cm³/mol.